The van der Waals surface area contributed by atoms with Crippen molar-refractivity contribution in [2.45, 2.75) is 38.3 Å². The fraction of sp³-hybridized carbons (Fsp3) is 0.500. The SMILES string of the molecule is CC(C)(Oc1ccc(Cl)cc1)C(=O)N1CCC(N2C(=O)CSC2=O)CC1. The number of ether oxygens (including phenoxy) is 1. The van der Waals surface area contributed by atoms with Gasteiger partial charge in [0.1, 0.15) is 5.75 Å². The molecule has 1 aromatic carbocycles. The van der Waals surface area contributed by atoms with Gasteiger partial charge >= 0.3 is 0 Å². The van der Waals surface area contributed by atoms with Gasteiger partial charge in [-0.15, -0.1) is 0 Å². The molecule has 0 bridgehead atoms. The van der Waals surface area contributed by atoms with Gasteiger partial charge in [-0.05, 0) is 51.0 Å². The number of hydrogen-bond donors (Lipinski definition) is 0. The lowest BCUT2D eigenvalue weighted by Crippen LogP contribution is -2.54. The molecule has 0 N–H and O–H groups in total. The van der Waals surface area contributed by atoms with E-state index in [0.717, 1.165) is 11.8 Å². The van der Waals surface area contributed by atoms with Gasteiger partial charge in [-0.3, -0.25) is 19.3 Å². The number of rotatable bonds is 4. The van der Waals surface area contributed by atoms with Crippen molar-refractivity contribution in [2.24, 2.45) is 0 Å². The van der Waals surface area contributed by atoms with Gasteiger partial charge in [0.15, 0.2) is 5.60 Å². The average molecular weight is 397 g/mol. The maximum atomic E-state index is 12.9. The van der Waals surface area contributed by atoms with Crippen molar-refractivity contribution in [1.82, 2.24) is 9.80 Å². The van der Waals surface area contributed by atoms with Gasteiger partial charge in [0.2, 0.25) is 5.91 Å². The molecule has 0 saturated carbocycles. The molecule has 2 aliphatic heterocycles. The van der Waals surface area contributed by atoms with Crippen LogP contribution in [0.25, 0.3) is 0 Å². The first-order valence-electron chi connectivity index (χ1n) is 8.51. The molecule has 3 amide bonds. The van der Waals surface area contributed by atoms with E-state index >= 15 is 0 Å². The Bertz CT molecular complexity index is 698. The summed E-state index contributed by atoms with van der Waals surface area (Å²) in [6, 6.07) is 6.77. The van der Waals surface area contributed by atoms with E-state index in [0.29, 0.717) is 36.7 Å². The van der Waals surface area contributed by atoms with E-state index < -0.39 is 5.60 Å². The molecule has 0 aliphatic carbocycles. The summed E-state index contributed by atoms with van der Waals surface area (Å²) in [6.07, 6.45) is 1.20. The van der Waals surface area contributed by atoms with E-state index in [1.165, 1.54) is 4.90 Å². The molecule has 6 nitrogen and oxygen atoms in total. The number of hydrogen-bond acceptors (Lipinski definition) is 5. The fourth-order valence-corrected chi connectivity index (χ4v) is 4.17. The molecule has 2 fully saturated rings. The van der Waals surface area contributed by atoms with Crippen molar-refractivity contribution in [2.75, 3.05) is 18.8 Å². The summed E-state index contributed by atoms with van der Waals surface area (Å²) in [7, 11) is 0. The molecule has 3 rings (SSSR count). The van der Waals surface area contributed by atoms with Gasteiger partial charge < -0.3 is 9.64 Å². The van der Waals surface area contributed by atoms with E-state index in [9.17, 15) is 14.4 Å². The third-order valence-corrected chi connectivity index (χ3v) is 5.69. The molecule has 140 valence electrons. The van der Waals surface area contributed by atoms with Crippen molar-refractivity contribution in [3.63, 3.8) is 0 Å². The van der Waals surface area contributed by atoms with Crippen LogP contribution < -0.4 is 4.74 Å². The Balaban J connectivity index is 1.59. The highest BCUT2D eigenvalue weighted by Crippen LogP contribution is 2.28. The van der Waals surface area contributed by atoms with Crippen LogP contribution in [0, 0.1) is 0 Å². The lowest BCUT2D eigenvalue weighted by atomic mass is 10.0. The second kappa shape index (κ2) is 7.48. The number of amides is 3. The largest absolute Gasteiger partial charge is 0.478 e. The van der Waals surface area contributed by atoms with Crippen LogP contribution in [0.3, 0.4) is 0 Å². The van der Waals surface area contributed by atoms with Gasteiger partial charge in [-0.1, -0.05) is 23.4 Å². The molecule has 2 heterocycles. The summed E-state index contributed by atoms with van der Waals surface area (Å²) in [4.78, 5) is 39.7. The van der Waals surface area contributed by atoms with Crippen LogP contribution in [0.4, 0.5) is 4.79 Å². The summed E-state index contributed by atoms with van der Waals surface area (Å²) in [5.74, 6) is 0.559. The molecule has 0 atom stereocenters. The van der Waals surface area contributed by atoms with Crippen molar-refractivity contribution < 1.29 is 19.1 Å². The van der Waals surface area contributed by atoms with E-state index in [4.69, 9.17) is 16.3 Å². The summed E-state index contributed by atoms with van der Waals surface area (Å²) < 4.78 is 5.86. The first-order chi connectivity index (χ1) is 12.3. The highest BCUT2D eigenvalue weighted by atomic mass is 35.5. The highest BCUT2D eigenvalue weighted by molar-refractivity contribution is 8.14. The van der Waals surface area contributed by atoms with E-state index in [-0.39, 0.29) is 28.8 Å². The predicted molar refractivity (Wildman–Crippen MR) is 100 cm³/mol. The molecule has 0 unspecified atom stereocenters. The topological polar surface area (TPSA) is 66.9 Å². The summed E-state index contributed by atoms with van der Waals surface area (Å²) >= 11 is 6.92. The summed E-state index contributed by atoms with van der Waals surface area (Å²) in [5.41, 5.74) is -1.02. The Morgan fingerprint density at radius 1 is 1.19 bits per heavy atom. The minimum Gasteiger partial charge on any atom is -0.478 e. The van der Waals surface area contributed by atoms with Gasteiger partial charge in [-0.2, -0.15) is 0 Å². The zero-order valence-electron chi connectivity index (χ0n) is 14.7. The van der Waals surface area contributed by atoms with E-state index in [1.54, 1.807) is 43.0 Å². The van der Waals surface area contributed by atoms with Crippen LogP contribution in [0.2, 0.25) is 5.02 Å². The smallest absolute Gasteiger partial charge is 0.289 e. The molecule has 2 saturated heterocycles. The zero-order valence-corrected chi connectivity index (χ0v) is 16.3. The maximum Gasteiger partial charge on any atom is 0.289 e. The Morgan fingerprint density at radius 2 is 1.81 bits per heavy atom. The molecule has 26 heavy (non-hydrogen) atoms. The number of piperidine rings is 1. The molecular weight excluding hydrogens is 376 g/mol. The lowest BCUT2D eigenvalue weighted by molar-refractivity contribution is -0.147. The standard InChI is InChI=1S/C18H21ClN2O4S/c1-18(2,25-14-5-3-12(19)4-6-14)16(23)20-9-7-13(8-10-20)21-15(22)11-26-17(21)24/h3-6,13H,7-11H2,1-2H3. The number of likely N-dealkylation sites (tertiary alicyclic amines) is 1. The van der Waals surface area contributed by atoms with E-state index in [1.807, 2.05) is 0 Å². The van der Waals surface area contributed by atoms with Crippen LogP contribution in [-0.2, 0) is 9.59 Å². The maximum absolute atomic E-state index is 12.9. The summed E-state index contributed by atoms with van der Waals surface area (Å²) in [5, 5.41) is 0.430. The van der Waals surface area contributed by atoms with Crippen LogP contribution >= 0.6 is 23.4 Å². The van der Waals surface area contributed by atoms with Crippen LogP contribution in [0.15, 0.2) is 24.3 Å². The lowest BCUT2D eigenvalue weighted by Gasteiger charge is -2.38. The van der Waals surface area contributed by atoms with Crippen LogP contribution in [-0.4, -0.2) is 57.3 Å². The van der Waals surface area contributed by atoms with Gasteiger partial charge in [-0.25, -0.2) is 0 Å². The minimum atomic E-state index is -1.02. The number of benzene rings is 1. The normalized spacial score (nSPS) is 19.2. The second-order valence-corrected chi connectivity index (χ2v) is 8.27. The minimum absolute atomic E-state index is 0.112. The summed E-state index contributed by atoms with van der Waals surface area (Å²) in [6.45, 7) is 4.47. The number of nitrogens with zero attached hydrogens (tertiary/aromatic N) is 2. The van der Waals surface area contributed by atoms with E-state index in [2.05, 4.69) is 0 Å². The number of imide groups is 1. The second-order valence-electron chi connectivity index (χ2n) is 6.91. The zero-order chi connectivity index (χ0) is 18.9. The molecule has 0 radical (unpaired) electrons. The monoisotopic (exact) mass is 396 g/mol. The molecular formula is C18H21ClN2O4S. The third-order valence-electron chi connectivity index (χ3n) is 4.60. The Hall–Kier alpha value is -1.73. The molecule has 1 aromatic rings. The van der Waals surface area contributed by atoms with Gasteiger partial charge in [0.25, 0.3) is 11.1 Å². The Morgan fingerprint density at radius 3 is 2.35 bits per heavy atom. The first kappa shape index (κ1) is 19.0. The van der Waals surface area contributed by atoms with Crippen molar-refractivity contribution in [3.8, 4) is 5.75 Å². The molecule has 2 aliphatic rings. The highest BCUT2D eigenvalue weighted by Gasteiger charge is 2.40. The Kier molecular flexibility index (Phi) is 5.48. The van der Waals surface area contributed by atoms with Crippen LogP contribution in [0.1, 0.15) is 26.7 Å². The van der Waals surface area contributed by atoms with Crippen molar-refractivity contribution >= 4 is 40.4 Å². The first-order valence-corrected chi connectivity index (χ1v) is 9.87. The predicted octanol–water partition coefficient (Wildman–Crippen LogP) is 3.18. The molecule has 8 heteroatoms. The number of halogens is 1. The quantitative estimate of drug-likeness (QED) is 0.781. The number of carbonyl (C=O) groups is 3. The molecule has 0 aromatic heterocycles. The fourth-order valence-electron chi connectivity index (χ4n) is 3.27. The number of thioether (sulfide) groups is 1. The van der Waals surface area contributed by atoms with Gasteiger partial charge in [0.05, 0.1) is 5.75 Å². The average Bonchev–Trinajstić information content (AvgIpc) is 2.95. The molecule has 0 spiro atoms. The van der Waals surface area contributed by atoms with Crippen LogP contribution in [0.5, 0.6) is 5.75 Å². The van der Waals surface area contributed by atoms with Crippen molar-refractivity contribution in [1.29, 1.82) is 0 Å². The number of carbonyl (C=O) groups excluding carboxylic acids is 3. The Labute approximate surface area is 161 Å². The van der Waals surface area contributed by atoms with Crippen molar-refractivity contribution in [3.05, 3.63) is 29.3 Å². The third kappa shape index (κ3) is 3.99. The van der Waals surface area contributed by atoms with Gasteiger partial charge in [0, 0.05) is 24.2 Å².